The van der Waals surface area contributed by atoms with E-state index in [4.69, 9.17) is 9.47 Å². The van der Waals surface area contributed by atoms with Crippen LogP contribution < -0.4 is 20.1 Å². The maximum atomic E-state index is 5.34. The van der Waals surface area contributed by atoms with E-state index in [9.17, 15) is 0 Å². The second-order valence-electron chi connectivity index (χ2n) is 6.03. The van der Waals surface area contributed by atoms with Crippen LogP contribution in [0.4, 0.5) is 5.69 Å². The van der Waals surface area contributed by atoms with Gasteiger partial charge in [0.15, 0.2) is 17.5 Å². The molecule has 0 saturated heterocycles. The fourth-order valence-corrected chi connectivity index (χ4v) is 2.76. The minimum Gasteiger partial charge on any atom is -0.493 e. The number of nitrogens with zero attached hydrogens (tertiary/aromatic N) is 4. The van der Waals surface area contributed by atoms with Crippen LogP contribution in [-0.2, 0) is 13.1 Å². The third-order valence-corrected chi connectivity index (χ3v) is 4.13. The molecule has 3 aromatic rings. The van der Waals surface area contributed by atoms with Gasteiger partial charge in [-0.05, 0) is 23.3 Å². The lowest BCUT2D eigenvalue weighted by Crippen LogP contribution is -2.30. The zero-order valence-electron chi connectivity index (χ0n) is 16.6. The number of nitrogens with one attached hydrogen (secondary N) is 2. The Bertz CT molecular complexity index is 930. The van der Waals surface area contributed by atoms with Gasteiger partial charge < -0.3 is 20.1 Å². The minimum atomic E-state index is 0. The van der Waals surface area contributed by atoms with Crippen LogP contribution in [0.1, 0.15) is 11.1 Å². The number of halogens is 1. The summed E-state index contributed by atoms with van der Waals surface area (Å²) in [4.78, 5) is 8.25. The molecule has 8 nitrogen and oxygen atoms in total. The van der Waals surface area contributed by atoms with Crippen LogP contribution in [0.3, 0.4) is 0 Å². The first kappa shape index (κ1) is 22.5. The smallest absolute Gasteiger partial charge is 0.195 e. The number of ether oxygens (including phenoxy) is 2. The highest BCUT2D eigenvalue weighted by Gasteiger charge is 2.06. The van der Waals surface area contributed by atoms with Crippen molar-refractivity contribution in [3.05, 3.63) is 66.2 Å². The third kappa shape index (κ3) is 6.34. The Hall–Kier alpha value is -2.82. The molecule has 0 fully saturated rings. The van der Waals surface area contributed by atoms with Crippen LogP contribution in [-0.4, -0.2) is 42.0 Å². The first-order valence-electron chi connectivity index (χ1n) is 8.81. The molecule has 0 aliphatic rings. The average molecular weight is 508 g/mol. The van der Waals surface area contributed by atoms with Gasteiger partial charge >= 0.3 is 0 Å². The Morgan fingerprint density at radius 1 is 1.07 bits per heavy atom. The van der Waals surface area contributed by atoms with E-state index in [1.54, 1.807) is 32.3 Å². The molecule has 3 rings (SSSR count). The van der Waals surface area contributed by atoms with Crippen molar-refractivity contribution < 1.29 is 9.47 Å². The summed E-state index contributed by atoms with van der Waals surface area (Å²) in [6.45, 7) is 1.32. The highest BCUT2D eigenvalue weighted by atomic mass is 127. The van der Waals surface area contributed by atoms with Crippen LogP contribution in [0.5, 0.6) is 11.5 Å². The molecule has 1 heterocycles. The second kappa shape index (κ2) is 11.2. The van der Waals surface area contributed by atoms with E-state index in [-0.39, 0.29) is 24.0 Å². The van der Waals surface area contributed by atoms with E-state index in [1.165, 1.54) is 6.33 Å². The van der Waals surface area contributed by atoms with Crippen LogP contribution in [0.15, 0.2) is 60.1 Å². The van der Waals surface area contributed by atoms with Crippen LogP contribution >= 0.6 is 24.0 Å². The maximum Gasteiger partial charge on any atom is 0.195 e. The molecule has 0 spiro atoms. The summed E-state index contributed by atoms with van der Waals surface area (Å²) in [5, 5.41) is 10.7. The molecule has 0 radical (unpaired) electrons. The standard InChI is InChI=1S/C20H24N6O2.HI/c1-21-20(25-17-7-8-18(27-2)19(10-17)28-3)23-11-15-5-4-6-16(9-15)12-26-14-22-13-24-26;/h4-10,13-14H,11-12H2,1-3H3,(H2,21,23,25);1H. The number of hydrogen-bond donors (Lipinski definition) is 2. The molecular weight excluding hydrogens is 483 g/mol. The molecule has 29 heavy (non-hydrogen) atoms. The summed E-state index contributed by atoms with van der Waals surface area (Å²) < 4.78 is 12.4. The van der Waals surface area contributed by atoms with E-state index >= 15 is 0 Å². The number of aromatic nitrogens is 3. The number of guanidine groups is 1. The highest BCUT2D eigenvalue weighted by Crippen LogP contribution is 2.29. The SMILES string of the molecule is CN=C(NCc1cccc(Cn2cncn2)c1)Nc1ccc(OC)c(OC)c1.I. The van der Waals surface area contributed by atoms with Crippen molar-refractivity contribution >= 4 is 35.6 Å². The lowest BCUT2D eigenvalue weighted by Gasteiger charge is -2.14. The topological polar surface area (TPSA) is 85.6 Å². The lowest BCUT2D eigenvalue weighted by molar-refractivity contribution is 0.355. The third-order valence-electron chi connectivity index (χ3n) is 4.13. The minimum absolute atomic E-state index is 0. The van der Waals surface area contributed by atoms with Gasteiger partial charge in [0, 0.05) is 25.3 Å². The molecular formula is C20H25IN6O2. The van der Waals surface area contributed by atoms with Crippen molar-refractivity contribution in [3.8, 4) is 11.5 Å². The van der Waals surface area contributed by atoms with Crippen molar-refractivity contribution in [2.45, 2.75) is 13.1 Å². The van der Waals surface area contributed by atoms with Gasteiger partial charge in [-0.1, -0.05) is 24.3 Å². The number of anilines is 1. The highest BCUT2D eigenvalue weighted by molar-refractivity contribution is 14.0. The van der Waals surface area contributed by atoms with Gasteiger partial charge in [0.1, 0.15) is 12.7 Å². The summed E-state index contributed by atoms with van der Waals surface area (Å²) in [5.41, 5.74) is 3.16. The summed E-state index contributed by atoms with van der Waals surface area (Å²) in [7, 11) is 4.96. The molecule has 154 valence electrons. The molecule has 0 aliphatic heterocycles. The Kier molecular flexibility index (Phi) is 8.71. The van der Waals surface area contributed by atoms with Crippen LogP contribution in [0.25, 0.3) is 0 Å². The van der Waals surface area contributed by atoms with Crippen molar-refractivity contribution in [1.82, 2.24) is 20.1 Å². The normalized spacial score (nSPS) is 10.8. The van der Waals surface area contributed by atoms with Gasteiger partial charge in [0.2, 0.25) is 0 Å². The van der Waals surface area contributed by atoms with Crippen molar-refractivity contribution in [2.75, 3.05) is 26.6 Å². The fraction of sp³-hybridized carbons (Fsp3) is 0.250. The summed E-state index contributed by atoms with van der Waals surface area (Å²) in [6.07, 6.45) is 3.25. The summed E-state index contributed by atoms with van der Waals surface area (Å²) in [5.74, 6) is 2.00. The summed E-state index contributed by atoms with van der Waals surface area (Å²) >= 11 is 0. The van der Waals surface area contributed by atoms with Gasteiger partial charge in [-0.25, -0.2) is 9.67 Å². The zero-order chi connectivity index (χ0) is 19.8. The molecule has 0 saturated carbocycles. The van der Waals surface area contributed by atoms with E-state index in [0.29, 0.717) is 30.5 Å². The molecule has 0 bridgehead atoms. The van der Waals surface area contributed by atoms with Gasteiger partial charge in [-0.15, -0.1) is 24.0 Å². The monoisotopic (exact) mass is 508 g/mol. The molecule has 9 heteroatoms. The first-order chi connectivity index (χ1) is 13.7. The lowest BCUT2D eigenvalue weighted by atomic mass is 10.1. The number of rotatable bonds is 7. The van der Waals surface area contributed by atoms with Gasteiger partial charge in [0.25, 0.3) is 0 Å². The van der Waals surface area contributed by atoms with Crippen molar-refractivity contribution in [1.29, 1.82) is 0 Å². The van der Waals surface area contributed by atoms with E-state index in [1.807, 2.05) is 24.3 Å². The van der Waals surface area contributed by atoms with Gasteiger partial charge in [0.05, 0.1) is 20.8 Å². The Labute approximate surface area is 187 Å². The molecule has 0 amide bonds. The Balaban J connectivity index is 0.00000300. The second-order valence-corrected chi connectivity index (χ2v) is 6.03. The molecule has 0 aliphatic carbocycles. The Morgan fingerprint density at radius 2 is 1.86 bits per heavy atom. The molecule has 1 aromatic heterocycles. The fourth-order valence-electron chi connectivity index (χ4n) is 2.76. The molecule has 0 unspecified atom stereocenters. The largest absolute Gasteiger partial charge is 0.493 e. The molecule has 2 N–H and O–H groups in total. The first-order valence-corrected chi connectivity index (χ1v) is 8.81. The molecule has 2 aromatic carbocycles. The quantitative estimate of drug-likeness (QED) is 0.290. The van der Waals surface area contributed by atoms with Crippen molar-refractivity contribution in [3.63, 3.8) is 0 Å². The van der Waals surface area contributed by atoms with E-state index in [2.05, 4.69) is 43.9 Å². The predicted octanol–water partition coefficient (Wildman–Crippen LogP) is 3.15. The van der Waals surface area contributed by atoms with E-state index < -0.39 is 0 Å². The predicted molar refractivity (Wildman–Crippen MR) is 124 cm³/mol. The average Bonchev–Trinajstić information content (AvgIpc) is 3.24. The summed E-state index contributed by atoms with van der Waals surface area (Å²) in [6, 6.07) is 13.9. The number of methoxy groups -OCH3 is 2. The number of aliphatic imine (C=N–C) groups is 1. The maximum absolute atomic E-state index is 5.34. The number of benzene rings is 2. The Morgan fingerprint density at radius 3 is 2.55 bits per heavy atom. The van der Waals surface area contributed by atoms with Crippen LogP contribution in [0.2, 0.25) is 0 Å². The zero-order valence-corrected chi connectivity index (χ0v) is 19.0. The van der Waals surface area contributed by atoms with Gasteiger partial charge in [-0.3, -0.25) is 4.99 Å². The van der Waals surface area contributed by atoms with E-state index in [0.717, 1.165) is 16.8 Å². The van der Waals surface area contributed by atoms with Crippen molar-refractivity contribution in [2.24, 2.45) is 4.99 Å². The van der Waals surface area contributed by atoms with Crippen LogP contribution in [0, 0.1) is 0 Å². The molecule has 0 atom stereocenters. The van der Waals surface area contributed by atoms with Gasteiger partial charge in [-0.2, -0.15) is 5.10 Å². The number of hydrogen-bond acceptors (Lipinski definition) is 5.